The molecule has 3 rings (SSSR count). The molecule has 1 unspecified atom stereocenters. The Hall–Kier alpha value is -2.38. The summed E-state index contributed by atoms with van der Waals surface area (Å²) in [5.74, 6) is 0.219. The van der Waals surface area contributed by atoms with Gasteiger partial charge in [-0.25, -0.2) is 0 Å². The van der Waals surface area contributed by atoms with Crippen LogP contribution in [0.15, 0.2) is 18.2 Å². The monoisotopic (exact) mass is 415 g/mol. The van der Waals surface area contributed by atoms with E-state index in [0.29, 0.717) is 23.7 Å². The standard InChI is InChI=1S/C22H29N3O3S/c1-13-10-14(2)12-16(11-13)28-9-8-25(4)15(3)21(27)24-22-19(20(23)26)17-6-5-7-18(17)29-22/h10-12,15H,5-9H2,1-4H3,(H2,23,26)(H,24,27). The average Bonchev–Trinajstić information content (AvgIpc) is 3.20. The van der Waals surface area contributed by atoms with Crippen molar-refractivity contribution >= 4 is 28.2 Å². The van der Waals surface area contributed by atoms with Crippen molar-refractivity contribution in [1.29, 1.82) is 0 Å². The molecule has 0 fully saturated rings. The fourth-order valence-corrected chi connectivity index (χ4v) is 4.98. The number of hydrogen-bond acceptors (Lipinski definition) is 5. The van der Waals surface area contributed by atoms with Crippen LogP contribution in [-0.2, 0) is 17.6 Å². The molecule has 0 aliphatic heterocycles. The zero-order valence-corrected chi connectivity index (χ0v) is 18.3. The Morgan fingerprint density at radius 3 is 2.59 bits per heavy atom. The van der Waals surface area contributed by atoms with E-state index in [1.54, 1.807) is 0 Å². The lowest BCUT2D eigenvalue weighted by Crippen LogP contribution is -2.41. The number of ether oxygens (including phenoxy) is 1. The second-order valence-electron chi connectivity index (χ2n) is 7.74. The zero-order valence-electron chi connectivity index (χ0n) is 17.5. The van der Waals surface area contributed by atoms with Crippen LogP contribution in [-0.4, -0.2) is 43.0 Å². The van der Waals surface area contributed by atoms with Crippen molar-refractivity contribution in [3.63, 3.8) is 0 Å². The first kappa shape index (κ1) is 21.3. The molecular weight excluding hydrogens is 386 g/mol. The van der Waals surface area contributed by atoms with Crippen molar-refractivity contribution in [3.8, 4) is 5.75 Å². The zero-order chi connectivity index (χ0) is 21.1. The van der Waals surface area contributed by atoms with Gasteiger partial charge in [0.1, 0.15) is 17.4 Å². The van der Waals surface area contributed by atoms with Gasteiger partial charge in [-0.2, -0.15) is 0 Å². The minimum Gasteiger partial charge on any atom is -0.492 e. The minimum atomic E-state index is -0.470. The molecule has 6 nitrogen and oxygen atoms in total. The highest BCUT2D eigenvalue weighted by molar-refractivity contribution is 7.17. The van der Waals surface area contributed by atoms with E-state index >= 15 is 0 Å². The molecule has 1 heterocycles. The van der Waals surface area contributed by atoms with Gasteiger partial charge in [0.2, 0.25) is 5.91 Å². The first-order valence-corrected chi connectivity index (χ1v) is 10.7. The number of likely N-dealkylation sites (N-methyl/N-ethyl adjacent to an activating group) is 1. The predicted molar refractivity (Wildman–Crippen MR) is 117 cm³/mol. The fraction of sp³-hybridized carbons (Fsp3) is 0.455. The van der Waals surface area contributed by atoms with Gasteiger partial charge in [-0.05, 0) is 75.9 Å². The number of aryl methyl sites for hydroxylation is 3. The molecule has 0 spiro atoms. The molecule has 3 N–H and O–H groups in total. The van der Waals surface area contributed by atoms with Crippen molar-refractivity contribution in [2.75, 3.05) is 25.5 Å². The van der Waals surface area contributed by atoms with Crippen LogP contribution < -0.4 is 15.8 Å². The third kappa shape index (κ3) is 4.97. The first-order valence-electron chi connectivity index (χ1n) is 9.92. The third-order valence-electron chi connectivity index (χ3n) is 5.35. The van der Waals surface area contributed by atoms with E-state index in [9.17, 15) is 9.59 Å². The van der Waals surface area contributed by atoms with Crippen LogP contribution in [0.4, 0.5) is 5.00 Å². The van der Waals surface area contributed by atoms with Crippen LogP contribution in [0.2, 0.25) is 0 Å². The van der Waals surface area contributed by atoms with E-state index in [0.717, 1.165) is 46.6 Å². The molecule has 1 atom stereocenters. The van der Waals surface area contributed by atoms with Gasteiger partial charge in [0.05, 0.1) is 11.6 Å². The summed E-state index contributed by atoms with van der Waals surface area (Å²) in [6, 6.07) is 5.75. The highest BCUT2D eigenvalue weighted by Crippen LogP contribution is 2.38. The number of nitrogens with two attached hydrogens (primary N) is 1. The van der Waals surface area contributed by atoms with Gasteiger partial charge in [0, 0.05) is 11.4 Å². The number of primary amides is 1. The number of carbonyl (C=O) groups is 2. The molecule has 0 saturated carbocycles. The van der Waals surface area contributed by atoms with E-state index in [4.69, 9.17) is 10.5 Å². The summed E-state index contributed by atoms with van der Waals surface area (Å²) in [6.45, 7) is 7.01. The smallest absolute Gasteiger partial charge is 0.251 e. The molecule has 0 bridgehead atoms. The van der Waals surface area contributed by atoms with Gasteiger partial charge in [0.15, 0.2) is 0 Å². The topological polar surface area (TPSA) is 84.7 Å². The molecule has 29 heavy (non-hydrogen) atoms. The molecule has 1 aromatic heterocycles. The van der Waals surface area contributed by atoms with Crippen LogP contribution in [0.3, 0.4) is 0 Å². The summed E-state index contributed by atoms with van der Waals surface area (Å²) in [6.07, 6.45) is 2.84. The second kappa shape index (κ2) is 8.97. The lowest BCUT2D eigenvalue weighted by molar-refractivity contribution is -0.120. The summed E-state index contributed by atoms with van der Waals surface area (Å²) in [4.78, 5) is 27.7. The number of carbonyl (C=O) groups excluding carboxylic acids is 2. The minimum absolute atomic E-state index is 0.152. The molecule has 1 aliphatic carbocycles. The summed E-state index contributed by atoms with van der Waals surface area (Å²) in [5.41, 5.74) is 9.40. The number of thiophene rings is 1. The molecule has 156 valence electrons. The van der Waals surface area contributed by atoms with E-state index in [-0.39, 0.29) is 11.9 Å². The van der Waals surface area contributed by atoms with Crippen molar-refractivity contribution in [3.05, 3.63) is 45.3 Å². The van der Waals surface area contributed by atoms with E-state index in [2.05, 4.69) is 11.4 Å². The maximum atomic E-state index is 12.7. The molecule has 0 saturated heterocycles. The van der Waals surface area contributed by atoms with Crippen molar-refractivity contribution < 1.29 is 14.3 Å². The van der Waals surface area contributed by atoms with Crippen LogP contribution >= 0.6 is 11.3 Å². The van der Waals surface area contributed by atoms with Crippen LogP contribution in [0, 0.1) is 13.8 Å². The molecule has 0 radical (unpaired) electrons. The van der Waals surface area contributed by atoms with Crippen LogP contribution in [0.25, 0.3) is 0 Å². The summed E-state index contributed by atoms with van der Waals surface area (Å²) in [7, 11) is 1.89. The van der Waals surface area contributed by atoms with E-state index in [1.165, 1.54) is 11.3 Å². The summed E-state index contributed by atoms with van der Waals surface area (Å²) in [5, 5.41) is 3.50. The number of nitrogens with zero attached hydrogens (tertiary/aromatic N) is 1. The number of benzene rings is 1. The largest absolute Gasteiger partial charge is 0.492 e. The molecule has 1 aliphatic rings. The van der Waals surface area contributed by atoms with Gasteiger partial charge >= 0.3 is 0 Å². The molecule has 7 heteroatoms. The number of nitrogens with one attached hydrogen (secondary N) is 1. The summed E-state index contributed by atoms with van der Waals surface area (Å²) >= 11 is 1.48. The molecule has 2 aromatic rings. The highest BCUT2D eigenvalue weighted by Gasteiger charge is 2.27. The maximum absolute atomic E-state index is 12.7. The normalized spacial score (nSPS) is 14.0. The lowest BCUT2D eigenvalue weighted by atomic mass is 10.1. The number of amides is 2. The van der Waals surface area contributed by atoms with Gasteiger partial charge in [-0.1, -0.05) is 6.07 Å². The Morgan fingerprint density at radius 2 is 1.93 bits per heavy atom. The maximum Gasteiger partial charge on any atom is 0.251 e. The Balaban J connectivity index is 1.56. The van der Waals surface area contributed by atoms with Crippen molar-refractivity contribution in [1.82, 2.24) is 4.90 Å². The van der Waals surface area contributed by atoms with Gasteiger partial charge < -0.3 is 15.8 Å². The van der Waals surface area contributed by atoms with E-state index < -0.39 is 5.91 Å². The molecular formula is C22H29N3O3S. The highest BCUT2D eigenvalue weighted by atomic mass is 32.1. The van der Waals surface area contributed by atoms with Crippen molar-refractivity contribution in [2.45, 2.75) is 46.1 Å². The SMILES string of the molecule is Cc1cc(C)cc(OCCN(C)C(C)C(=O)Nc2sc3c(c2C(N)=O)CCC3)c1. The Labute approximate surface area is 176 Å². The predicted octanol–water partition coefficient (Wildman–Crippen LogP) is 3.29. The number of hydrogen-bond donors (Lipinski definition) is 2. The Bertz CT molecular complexity index is 902. The number of anilines is 1. The Kier molecular flexibility index (Phi) is 6.59. The van der Waals surface area contributed by atoms with Gasteiger partial charge in [0.25, 0.3) is 5.91 Å². The van der Waals surface area contributed by atoms with Crippen LogP contribution in [0.5, 0.6) is 5.75 Å². The van der Waals surface area contributed by atoms with Gasteiger partial charge in [-0.15, -0.1) is 11.3 Å². The summed E-state index contributed by atoms with van der Waals surface area (Å²) < 4.78 is 5.85. The van der Waals surface area contributed by atoms with Crippen LogP contribution in [0.1, 0.15) is 45.3 Å². The third-order valence-corrected chi connectivity index (χ3v) is 6.56. The average molecular weight is 416 g/mol. The lowest BCUT2D eigenvalue weighted by Gasteiger charge is -2.24. The second-order valence-corrected chi connectivity index (χ2v) is 8.85. The fourth-order valence-electron chi connectivity index (χ4n) is 3.69. The molecule has 1 aromatic carbocycles. The number of fused-ring (bicyclic) bond motifs is 1. The number of rotatable bonds is 8. The van der Waals surface area contributed by atoms with E-state index in [1.807, 2.05) is 44.9 Å². The quantitative estimate of drug-likeness (QED) is 0.693. The van der Waals surface area contributed by atoms with Gasteiger partial charge in [-0.3, -0.25) is 14.5 Å². The molecule has 2 amide bonds. The van der Waals surface area contributed by atoms with Crippen molar-refractivity contribution in [2.24, 2.45) is 5.73 Å². The first-order chi connectivity index (χ1) is 13.8. The Morgan fingerprint density at radius 1 is 1.24 bits per heavy atom.